The fraction of sp³-hybridized carbons (Fsp3) is 1.00. The summed E-state index contributed by atoms with van der Waals surface area (Å²) in [5.41, 5.74) is -1.05. The molecule has 1 heterocycles. The van der Waals surface area contributed by atoms with Crippen molar-refractivity contribution in [2.45, 2.75) is 89.1 Å². The van der Waals surface area contributed by atoms with Crippen LogP contribution in [0.4, 0.5) is 0 Å². The molecule has 0 radical (unpaired) electrons. The minimum atomic E-state index is -0.769. The van der Waals surface area contributed by atoms with Gasteiger partial charge in [0.1, 0.15) is 0 Å². The summed E-state index contributed by atoms with van der Waals surface area (Å²) in [5, 5.41) is 33.5. The molecule has 5 fully saturated rings. The van der Waals surface area contributed by atoms with E-state index in [1.54, 1.807) is 0 Å². The summed E-state index contributed by atoms with van der Waals surface area (Å²) < 4.78 is 5.99. The van der Waals surface area contributed by atoms with Gasteiger partial charge in [0.05, 0.1) is 35.9 Å². The van der Waals surface area contributed by atoms with Crippen molar-refractivity contribution in [3.05, 3.63) is 0 Å². The molecule has 0 amide bonds. The second-order valence-electron chi connectivity index (χ2n) is 10.3. The predicted octanol–water partition coefficient (Wildman–Crippen LogP) is 2.49. The van der Waals surface area contributed by atoms with Crippen LogP contribution >= 0.6 is 0 Å². The Bertz CT molecular complexity index is 566. The van der Waals surface area contributed by atoms with Crippen LogP contribution in [0.15, 0.2) is 0 Å². The van der Waals surface area contributed by atoms with Gasteiger partial charge in [-0.1, -0.05) is 6.92 Å². The molecule has 1 spiro atoms. The van der Waals surface area contributed by atoms with Crippen LogP contribution < -0.4 is 0 Å². The zero-order chi connectivity index (χ0) is 17.6. The largest absolute Gasteiger partial charge is 0.393 e. The Kier molecular flexibility index (Phi) is 3.54. The summed E-state index contributed by atoms with van der Waals surface area (Å²) in [6.45, 7) is 5.03. The average molecular weight is 350 g/mol. The first kappa shape index (κ1) is 17.0. The molecule has 5 aliphatic rings. The van der Waals surface area contributed by atoms with Crippen molar-refractivity contribution < 1.29 is 20.1 Å². The molecule has 10 atom stereocenters. The number of aliphatic hydroxyl groups excluding tert-OH is 2. The molecule has 5 rings (SSSR count). The molecule has 1 unspecified atom stereocenters. The molecular weight excluding hydrogens is 316 g/mol. The van der Waals surface area contributed by atoms with E-state index >= 15 is 0 Å². The Balaban J connectivity index is 1.54. The fourth-order valence-electron chi connectivity index (χ4n) is 8.45. The Labute approximate surface area is 151 Å². The van der Waals surface area contributed by atoms with Crippen LogP contribution in [0.3, 0.4) is 0 Å². The highest BCUT2D eigenvalue weighted by Crippen LogP contribution is 2.70. The minimum Gasteiger partial charge on any atom is -0.393 e. The second-order valence-corrected chi connectivity index (χ2v) is 10.3. The van der Waals surface area contributed by atoms with Gasteiger partial charge in [0, 0.05) is 0 Å². The fourth-order valence-corrected chi connectivity index (χ4v) is 8.45. The Morgan fingerprint density at radius 3 is 2.52 bits per heavy atom. The lowest BCUT2D eigenvalue weighted by Gasteiger charge is -2.64. The maximum absolute atomic E-state index is 12.0. The number of ether oxygens (including phenoxy) is 1. The van der Waals surface area contributed by atoms with E-state index < -0.39 is 17.1 Å². The first-order valence-corrected chi connectivity index (χ1v) is 10.5. The molecule has 0 aromatic rings. The van der Waals surface area contributed by atoms with Crippen molar-refractivity contribution in [1.29, 1.82) is 0 Å². The Morgan fingerprint density at radius 2 is 1.72 bits per heavy atom. The number of hydrogen-bond donors (Lipinski definition) is 3. The van der Waals surface area contributed by atoms with Gasteiger partial charge in [-0.15, -0.1) is 0 Å². The van der Waals surface area contributed by atoms with Crippen LogP contribution in [0, 0.1) is 34.5 Å². The van der Waals surface area contributed by atoms with Crippen molar-refractivity contribution in [3.63, 3.8) is 0 Å². The summed E-state index contributed by atoms with van der Waals surface area (Å²) in [6, 6.07) is 0. The van der Waals surface area contributed by atoms with Crippen molar-refractivity contribution in [2.75, 3.05) is 6.61 Å². The van der Waals surface area contributed by atoms with Gasteiger partial charge in [0.2, 0.25) is 0 Å². The van der Waals surface area contributed by atoms with Crippen LogP contribution in [-0.4, -0.2) is 45.8 Å². The van der Waals surface area contributed by atoms with Crippen LogP contribution in [0.1, 0.15) is 65.2 Å². The third kappa shape index (κ3) is 1.88. The molecule has 1 aliphatic heterocycles. The maximum Gasteiger partial charge on any atom is 0.0785 e. The minimum absolute atomic E-state index is 0.150. The van der Waals surface area contributed by atoms with Gasteiger partial charge >= 0.3 is 0 Å². The summed E-state index contributed by atoms with van der Waals surface area (Å²) in [6.07, 6.45) is 7.13. The monoisotopic (exact) mass is 350 g/mol. The molecule has 0 bridgehead atoms. The molecule has 4 saturated carbocycles. The summed E-state index contributed by atoms with van der Waals surface area (Å²) in [4.78, 5) is 0. The van der Waals surface area contributed by atoms with Gasteiger partial charge in [-0.3, -0.25) is 0 Å². The highest BCUT2D eigenvalue weighted by molar-refractivity contribution is 5.23. The lowest BCUT2D eigenvalue weighted by atomic mass is 9.42. The molecule has 0 aromatic carbocycles. The van der Waals surface area contributed by atoms with Crippen LogP contribution in [0.25, 0.3) is 0 Å². The van der Waals surface area contributed by atoms with Gasteiger partial charge in [-0.25, -0.2) is 0 Å². The predicted molar refractivity (Wildman–Crippen MR) is 93.8 cm³/mol. The molecule has 4 heteroatoms. The number of hydrogen-bond acceptors (Lipinski definition) is 4. The molecule has 3 N–H and O–H groups in total. The summed E-state index contributed by atoms with van der Waals surface area (Å²) >= 11 is 0. The van der Waals surface area contributed by atoms with E-state index in [2.05, 4.69) is 13.8 Å². The lowest BCUT2D eigenvalue weighted by Crippen LogP contribution is -2.68. The van der Waals surface area contributed by atoms with E-state index in [0.29, 0.717) is 24.4 Å². The molecule has 142 valence electrons. The van der Waals surface area contributed by atoms with Gasteiger partial charge in [0.25, 0.3) is 0 Å². The Morgan fingerprint density at radius 1 is 0.920 bits per heavy atom. The highest BCUT2D eigenvalue weighted by atomic mass is 16.5. The number of fused-ring (bicyclic) bond motifs is 4. The van der Waals surface area contributed by atoms with E-state index in [0.717, 1.165) is 51.4 Å². The molecule has 4 nitrogen and oxygen atoms in total. The quantitative estimate of drug-likeness (QED) is 0.628. The zero-order valence-electron chi connectivity index (χ0n) is 15.7. The first-order valence-electron chi connectivity index (χ1n) is 10.5. The maximum atomic E-state index is 12.0. The van der Waals surface area contributed by atoms with Gasteiger partial charge in [-0.2, -0.15) is 0 Å². The molecular formula is C21H34O4. The number of aliphatic hydroxyl groups is 3. The van der Waals surface area contributed by atoms with E-state index in [1.165, 1.54) is 0 Å². The average Bonchev–Trinajstić information content (AvgIpc) is 3.07. The molecule has 25 heavy (non-hydrogen) atoms. The standard InChI is InChI=1S/C21H34O4/c1-12-15-6-8-21(24)16-4-3-13-9-14(22)5-7-19(13,2)17(16)10-18(23)20(15,21)11-25-12/h12-18,22-24H,3-11H2,1-2H3/t12?,13-,14-,15+,16+,17-,18+,19-,20-,21-/m0/s1. The summed E-state index contributed by atoms with van der Waals surface area (Å²) in [5.74, 6) is 1.50. The SMILES string of the molecule is CC1OC[C@]23[C@H](O)C[C@H]4[C@@H](CC[C@H]5C[C@@H](O)CC[C@@]54C)[C@@]2(O)CC[C@H]13. The van der Waals surface area contributed by atoms with E-state index in [-0.39, 0.29) is 23.5 Å². The number of rotatable bonds is 0. The van der Waals surface area contributed by atoms with Crippen molar-refractivity contribution >= 4 is 0 Å². The third-order valence-corrected chi connectivity index (χ3v) is 9.81. The zero-order valence-corrected chi connectivity index (χ0v) is 15.7. The summed E-state index contributed by atoms with van der Waals surface area (Å²) in [7, 11) is 0. The van der Waals surface area contributed by atoms with E-state index in [4.69, 9.17) is 4.74 Å². The van der Waals surface area contributed by atoms with Gasteiger partial charge < -0.3 is 20.1 Å². The molecule has 1 saturated heterocycles. The Hall–Kier alpha value is -0.160. The van der Waals surface area contributed by atoms with E-state index in [9.17, 15) is 15.3 Å². The first-order chi connectivity index (χ1) is 11.8. The van der Waals surface area contributed by atoms with Crippen LogP contribution in [0.5, 0.6) is 0 Å². The third-order valence-electron chi connectivity index (χ3n) is 9.81. The smallest absolute Gasteiger partial charge is 0.0785 e. The lowest BCUT2D eigenvalue weighted by molar-refractivity contribution is -0.248. The molecule has 0 aromatic heterocycles. The van der Waals surface area contributed by atoms with Crippen molar-refractivity contribution in [2.24, 2.45) is 34.5 Å². The van der Waals surface area contributed by atoms with Crippen molar-refractivity contribution in [1.82, 2.24) is 0 Å². The van der Waals surface area contributed by atoms with Gasteiger partial charge in [0.15, 0.2) is 0 Å². The van der Waals surface area contributed by atoms with Crippen molar-refractivity contribution in [3.8, 4) is 0 Å². The normalized spacial score (nSPS) is 63.5. The van der Waals surface area contributed by atoms with Crippen LogP contribution in [0.2, 0.25) is 0 Å². The highest BCUT2D eigenvalue weighted by Gasteiger charge is 2.74. The topological polar surface area (TPSA) is 69.9 Å². The molecule has 4 aliphatic carbocycles. The van der Waals surface area contributed by atoms with Crippen LogP contribution in [-0.2, 0) is 4.74 Å². The second kappa shape index (κ2) is 5.21. The van der Waals surface area contributed by atoms with Gasteiger partial charge in [-0.05, 0) is 87.4 Å². The van der Waals surface area contributed by atoms with E-state index in [1.807, 2.05) is 0 Å².